The first-order chi connectivity index (χ1) is 9.47. The Labute approximate surface area is 120 Å². The molecule has 3 rings (SSSR count). The van der Waals surface area contributed by atoms with Gasteiger partial charge in [-0.3, -0.25) is 9.48 Å². The zero-order chi connectivity index (χ0) is 14.4. The van der Waals surface area contributed by atoms with E-state index in [0.29, 0.717) is 18.1 Å². The summed E-state index contributed by atoms with van der Waals surface area (Å²) >= 11 is 0. The minimum atomic E-state index is 0.0436. The van der Waals surface area contributed by atoms with Gasteiger partial charge in [-0.15, -0.1) is 0 Å². The zero-order valence-corrected chi connectivity index (χ0v) is 12.8. The van der Waals surface area contributed by atoms with Crippen LogP contribution in [-0.2, 0) is 7.05 Å². The Morgan fingerprint density at radius 2 is 1.80 bits per heavy atom. The van der Waals surface area contributed by atoms with Crippen molar-refractivity contribution in [3.8, 4) is 0 Å². The van der Waals surface area contributed by atoms with Crippen molar-refractivity contribution in [1.82, 2.24) is 20.0 Å². The summed E-state index contributed by atoms with van der Waals surface area (Å²) in [6.45, 7) is 3.85. The fourth-order valence-electron chi connectivity index (χ4n) is 3.89. The minimum Gasteiger partial charge on any atom is -0.349 e. The SMILES string of the molecule is Cc1nn(C)c(C)c1C(=O)NC1C[C@H]2CC[C@@H](C1)N2C. The normalized spacial score (nSPS) is 29.7. The maximum Gasteiger partial charge on any atom is 0.255 e. The molecule has 5 heteroatoms. The van der Waals surface area contributed by atoms with Crippen molar-refractivity contribution in [1.29, 1.82) is 0 Å². The van der Waals surface area contributed by atoms with Crippen LogP contribution in [0, 0.1) is 13.8 Å². The fraction of sp³-hybridized carbons (Fsp3) is 0.733. The standard InChI is InChI=1S/C15H24N4O/c1-9-14(10(2)19(4)17-9)15(20)16-11-7-12-5-6-13(8-11)18(12)3/h11-13H,5-8H2,1-4H3,(H,16,20)/t11?,12-,13+. The number of aryl methyl sites for hydroxylation is 2. The Kier molecular flexibility index (Phi) is 3.32. The third-order valence-corrected chi connectivity index (χ3v) is 5.17. The molecule has 2 fully saturated rings. The average Bonchev–Trinajstić information content (AvgIpc) is 2.74. The fourth-order valence-corrected chi connectivity index (χ4v) is 3.89. The lowest BCUT2D eigenvalue weighted by atomic mass is 9.97. The van der Waals surface area contributed by atoms with Gasteiger partial charge >= 0.3 is 0 Å². The van der Waals surface area contributed by atoms with Gasteiger partial charge in [0.05, 0.1) is 11.3 Å². The van der Waals surface area contributed by atoms with E-state index in [1.807, 2.05) is 20.9 Å². The number of fused-ring (bicyclic) bond motifs is 2. The summed E-state index contributed by atoms with van der Waals surface area (Å²) in [4.78, 5) is 15.0. The number of hydrogen-bond acceptors (Lipinski definition) is 3. The van der Waals surface area contributed by atoms with Gasteiger partial charge in [-0.1, -0.05) is 0 Å². The summed E-state index contributed by atoms with van der Waals surface area (Å²) in [5.41, 5.74) is 2.51. The molecule has 0 radical (unpaired) electrons. The predicted molar refractivity (Wildman–Crippen MR) is 77.7 cm³/mol. The Morgan fingerprint density at radius 3 is 2.30 bits per heavy atom. The molecule has 3 atom stereocenters. The molecule has 5 nitrogen and oxygen atoms in total. The summed E-state index contributed by atoms with van der Waals surface area (Å²) in [6, 6.07) is 1.61. The van der Waals surface area contributed by atoms with E-state index >= 15 is 0 Å². The summed E-state index contributed by atoms with van der Waals surface area (Å²) in [5.74, 6) is 0.0436. The van der Waals surface area contributed by atoms with Crippen LogP contribution in [0.4, 0.5) is 0 Å². The summed E-state index contributed by atoms with van der Waals surface area (Å²) in [5, 5.41) is 7.56. The van der Waals surface area contributed by atoms with Gasteiger partial charge in [0.2, 0.25) is 0 Å². The van der Waals surface area contributed by atoms with Crippen LogP contribution in [0.25, 0.3) is 0 Å². The molecule has 110 valence electrons. The van der Waals surface area contributed by atoms with Crippen molar-refractivity contribution in [2.24, 2.45) is 7.05 Å². The quantitative estimate of drug-likeness (QED) is 0.888. The molecule has 1 N–H and O–H groups in total. The van der Waals surface area contributed by atoms with Crippen LogP contribution in [0.3, 0.4) is 0 Å². The number of aromatic nitrogens is 2. The lowest BCUT2D eigenvalue weighted by Crippen LogP contribution is -2.48. The van der Waals surface area contributed by atoms with E-state index < -0.39 is 0 Å². The molecule has 2 aliphatic rings. The highest BCUT2D eigenvalue weighted by atomic mass is 16.1. The summed E-state index contributed by atoms with van der Waals surface area (Å²) in [7, 11) is 4.10. The smallest absolute Gasteiger partial charge is 0.255 e. The van der Waals surface area contributed by atoms with Crippen LogP contribution >= 0.6 is 0 Å². The number of rotatable bonds is 2. The maximum absolute atomic E-state index is 12.5. The van der Waals surface area contributed by atoms with Gasteiger partial charge in [0, 0.05) is 30.9 Å². The topological polar surface area (TPSA) is 50.2 Å². The van der Waals surface area contributed by atoms with Gasteiger partial charge in [0.15, 0.2) is 0 Å². The minimum absolute atomic E-state index is 0.0436. The number of nitrogens with one attached hydrogen (secondary N) is 1. The molecule has 2 bridgehead atoms. The van der Waals surface area contributed by atoms with Crippen molar-refractivity contribution in [3.05, 3.63) is 17.0 Å². The third-order valence-electron chi connectivity index (χ3n) is 5.17. The van der Waals surface area contributed by atoms with Crippen molar-refractivity contribution in [2.75, 3.05) is 7.05 Å². The van der Waals surface area contributed by atoms with Crippen LogP contribution in [0.5, 0.6) is 0 Å². The Bertz CT molecular complexity index is 522. The second-order valence-corrected chi connectivity index (χ2v) is 6.36. The molecule has 1 unspecified atom stereocenters. The molecule has 2 saturated heterocycles. The number of amides is 1. The molecule has 1 aromatic heterocycles. The van der Waals surface area contributed by atoms with Crippen LogP contribution in [-0.4, -0.2) is 45.8 Å². The number of carbonyl (C=O) groups excluding carboxylic acids is 1. The molecule has 1 aromatic rings. The van der Waals surface area contributed by atoms with Crippen LogP contribution < -0.4 is 5.32 Å². The van der Waals surface area contributed by atoms with E-state index in [9.17, 15) is 4.79 Å². The molecular weight excluding hydrogens is 252 g/mol. The number of carbonyl (C=O) groups is 1. The van der Waals surface area contributed by atoms with Gasteiger partial charge < -0.3 is 10.2 Å². The maximum atomic E-state index is 12.5. The second-order valence-electron chi connectivity index (χ2n) is 6.36. The summed E-state index contributed by atoms with van der Waals surface area (Å²) < 4.78 is 1.78. The summed E-state index contributed by atoms with van der Waals surface area (Å²) in [6.07, 6.45) is 4.71. The van der Waals surface area contributed by atoms with Crippen LogP contribution in [0.1, 0.15) is 47.4 Å². The van der Waals surface area contributed by atoms with Gasteiger partial charge in [-0.05, 0) is 46.6 Å². The second kappa shape index (κ2) is 4.88. The molecule has 1 amide bonds. The van der Waals surface area contributed by atoms with Gasteiger partial charge in [-0.2, -0.15) is 5.10 Å². The van der Waals surface area contributed by atoms with Crippen molar-refractivity contribution >= 4 is 5.91 Å². The highest BCUT2D eigenvalue weighted by Crippen LogP contribution is 2.34. The van der Waals surface area contributed by atoms with Gasteiger partial charge in [0.1, 0.15) is 0 Å². The van der Waals surface area contributed by atoms with Crippen LogP contribution in [0.2, 0.25) is 0 Å². The zero-order valence-electron chi connectivity index (χ0n) is 12.8. The van der Waals surface area contributed by atoms with Crippen molar-refractivity contribution in [2.45, 2.75) is 57.7 Å². The Hall–Kier alpha value is -1.36. The highest BCUT2D eigenvalue weighted by Gasteiger charge is 2.39. The van der Waals surface area contributed by atoms with E-state index in [2.05, 4.69) is 22.4 Å². The average molecular weight is 276 g/mol. The lowest BCUT2D eigenvalue weighted by Gasteiger charge is -2.36. The monoisotopic (exact) mass is 276 g/mol. The first-order valence-corrected chi connectivity index (χ1v) is 7.50. The molecule has 0 aliphatic carbocycles. The molecular formula is C15H24N4O. The van der Waals surface area contributed by atoms with Gasteiger partial charge in [0.25, 0.3) is 5.91 Å². The van der Waals surface area contributed by atoms with E-state index in [1.54, 1.807) is 4.68 Å². The van der Waals surface area contributed by atoms with E-state index in [4.69, 9.17) is 0 Å². The van der Waals surface area contributed by atoms with Crippen molar-refractivity contribution in [3.63, 3.8) is 0 Å². The number of piperidine rings is 1. The largest absolute Gasteiger partial charge is 0.349 e. The van der Waals surface area contributed by atoms with E-state index in [-0.39, 0.29) is 5.91 Å². The molecule has 3 heterocycles. The highest BCUT2D eigenvalue weighted by molar-refractivity contribution is 5.96. The van der Waals surface area contributed by atoms with E-state index in [1.165, 1.54) is 12.8 Å². The van der Waals surface area contributed by atoms with Crippen molar-refractivity contribution < 1.29 is 4.79 Å². The molecule has 0 spiro atoms. The number of nitrogens with zero attached hydrogens (tertiary/aromatic N) is 3. The molecule has 0 saturated carbocycles. The molecule has 20 heavy (non-hydrogen) atoms. The first-order valence-electron chi connectivity index (χ1n) is 7.50. The molecule has 0 aromatic carbocycles. The molecule has 2 aliphatic heterocycles. The lowest BCUT2D eigenvalue weighted by molar-refractivity contribution is 0.0881. The third kappa shape index (κ3) is 2.14. The Balaban J connectivity index is 1.71. The first kappa shape index (κ1) is 13.6. The Morgan fingerprint density at radius 1 is 1.20 bits per heavy atom. The van der Waals surface area contributed by atoms with E-state index in [0.717, 1.165) is 29.8 Å². The predicted octanol–water partition coefficient (Wildman–Crippen LogP) is 1.39. The van der Waals surface area contributed by atoms with Crippen LogP contribution in [0.15, 0.2) is 0 Å². The number of hydrogen-bond donors (Lipinski definition) is 1. The van der Waals surface area contributed by atoms with Gasteiger partial charge in [-0.25, -0.2) is 0 Å².